The molecule has 1 aromatic carbocycles. The Kier molecular flexibility index (Phi) is 5.00. The van der Waals surface area contributed by atoms with Gasteiger partial charge in [-0.05, 0) is 30.2 Å². The van der Waals surface area contributed by atoms with Crippen molar-refractivity contribution < 1.29 is 4.79 Å². The van der Waals surface area contributed by atoms with Crippen molar-refractivity contribution in [1.82, 2.24) is 19.9 Å². The Morgan fingerprint density at radius 1 is 1.16 bits per heavy atom. The minimum absolute atomic E-state index is 0.0578. The standard InChI is InChI=1S/C26H27N5O/c1-26(2,3)24(32)21-14-28-25-23(21)30-22(15-29-25)17-6-4-8-20(12-17)31-11-9-19(16-31)18-7-5-10-27-13-18/h4-8,10,12-15,19H,9,11,16H2,1-3H3,(H,28,29). The molecule has 162 valence electrons. The summed E-state index contributed by atoms with van der Waals surface area (Å²) in [5, 5.41) is 0. The van der Waals surface area contributed by atoms with Gasteiger partial charge in [0.1, 0.15) is 5.52 Å². The van der Waals surface area contributed by atoms with Crippen LogP contribution in [0.1, 0.15) is 49.0 Å². The van der Waals surface area contributed by atoms with Crippen LogP contribution in [0, 0.1) is 5.41 Å². The highest BCUT2D eigenvalue weighted by Crippen LogP contribution is 2.33. The van der Waals surface area contributed by atoms with Crippen LogP contribution in [0.25, 0.3) is 22.4 Å². The minimum Gasteiger partial charge on any atom is -0.371 e. The van der Waals surface area contributed by atoms with Crippen LogP contribution in [0.15, 0.2) is 61.2 Å². The van der Waals surface area contributed by atoms with Gasteiger partial charge in [-0.1, -0.05) is 39.0 Å². The number of anilines is 1. The number of nitrogens with zero attached hydrogens (tertiary/aromatic N) is 4. The van der Waals surface area contributed by atoms with Crippen molar-refractivity contribution in [3.63, 3.8) is 0 Å². The number of hydrogen-bond donors (Lipinski definition) is 1. The first-order valence-electron chi connectivity index (χ1n) is 11.0. The van der Waals surface area contributed by atoms with E-state index in [1.54, 1.807) is 12.4 Å². The van der Waals surface area contributed by atoms with E-state index in [-0.39, 0.29) is 5.78 Å². The third-order valence-corrected chi connectivity index (χ3v) is 6.16. The molecular formula is C26H27N5O. The number of aromatic amines is 1. The lowest BCUT2D eigenvalue weighted by Crippen LogP contribution is -2.20. The van der Waals surface area contributed by atoms with Crippen molar-refractivity contribution in [3.05, 3.63) is 72.3 Å². The highest BCUT2D eigenvalue weighted by atomic mass is 16.1. The van der Waals surface area contributed by atoms with Crippen LogP contribution in [0.3, 0.4) is 0 Å². The molecule has 1 aliphatic rings. The maximum atomic E-state index is 12.9. The number of H-pyrrole nitrogens is 1. The number of nitrogens with one attached hydrogen (secondary N) is 1. The zero-order chi connectivity index (χ0) is 22.3. The van der Waals surface area contributed by atoms with Crippen LogP contribution in [0.2, 0.25) is 0 Å². The van der Waals surface area contributed by atoms with Crippen LogP contribution in [0.4, 0.5) is 5.69 Å². The Balaban J connectivity index is 1.44. The van der Waals surface area contributed by atoms with Crippen molar-refractivity contribution in [1.29, 1.82) is 0 Å². The summed E-state index contributed by atoms with van der Waals surface area (Å²) in [4.78, 5) is 32.0. The van der Waals surface area contributed by atoms with Gasteiger partial charge in [0.2, 0.25) is 0 Å². The lowest BCUT2D eigenvalue weighted by atomic mass is 9.87. The van der Waals surface area contributed by atoms with Gasteiger partial charge < -0.3 is 9.88 Å². The number of hydrogen-bond acceptors (Lipinski definition) is 5. The van der Waals surface area contributed by atoms with Crippen LogP contribution in [-0.2, 0) is 0 Å². The normalized spacial score (nSPS) is 16.6. The lowest BCUT2D eigenvalue weighted by Gasteiger charge is -2.19. The molecule has 1 aliphatic heterocycles. The van der Waals surface area contributed by atoms with E-state index < -0.39 is 5.41 Å². The molecule has 1 unspecified atom stereocenters. The van der Waals surface area contributed by atoms with E-state index in [0.29, 0.717) is 22.6 Å². The fourth-order valence-corrected chi connectivity index (χ4v) is 4.35. The number of fused-ring (bicyclic) bond motifs is 1. The van der Waals surface area contributed by atoms with E-state index in [9.17, 15) is 4.79 Å². The number of aromatic nitrogens is 4. The second-order valence-electron chi connectivity index (χ2n) is 9.50. The molecule has 0 amide bonds. The molecule has 1 fully saturated rings. The van der Waals surface area contributed by atoms with Crippen molar-refractivity contribution >= 4 is 22.6 Å². The summed E-state index contributed by atoms with van der Waals surface area (Å²) in [5.74, 6) is 0.553. The summed E-state index contributed by atoms with van der Waals surface area (Å²) < 4.78 is 0. The molecule has 1 saturated heterocycles. The second kappa shape index (κ2) is 7.86. The van der Waals surface area contributed by atoms with Gasteiger partial charge in [0.25, 0.3) is 0 Å². The average Bonchev–Trinajstić information content (AvgIpc) is 3.46. The van der Waals surface area contributed by atoms with Gasteiger partial charge in [-0.15, -0.1) is 0 Å². The Labute approximate surface area is 187 Å². The third kappa shape index (κ3) is 3.77. The average molecular weight is 426 g/mol. The number of benzene rings is 1. The molecule has 0 saturated carbocycles. The number of pyridine rings is 1. The fraction of sp³-hybridized carbons (Fsp3) is 0.308. The summed E-state index contributed by atoms with van der Waals surface area (Å²) in [6.07, 6.45) is 8.40. The molecule has 3 aromatic heterocycles. The molecule has 0 spiro atoms. The molecule has 32 heavy (non-hydrogen) atoms. The third-order valence-electron chi connectivity index (χ3n) is 6.16. The Hall–Kier alpha value is -3.54. The maximum absolute atomic E-state index is 12.9. The Morgan fingerprint density at radius 2 is 2.03 bits per heavy atom. The zero-order valence-corrected chi connectivity index (χ0v) is 18.7. The maximum Gasteiger partial charge on any atom is 0.171 e. The molecule has 6 nitrogen and oxygen atoms in total. The zero-order valence-electron chi connectivity index (χ0n) is 18.7. The van der Waals surface area contributed by atoms with Gasteiger partial charge in [-0.2, -0.15) is 0 Å². The first-order chi connectivity index (χ1) is 15.4. The summed E-state index contributed by atoms with van der Waals surface area (Å²) in [5.41, 5.74) is 5.62. The van der Waals surface area contributed by atoms with Gasteiger partial charge in [-0.3, -0.25) is 9.78 Å². The number of Topliss-reactive ketones (excluding diaryl/α,β-unsaturated/α-hetero) is 1. The monoisotopic (exact) mass is 425 g/mol. The summed E-state index contributed by atoms with van der Waals surface area (Å²) in [7, 11) is 0. The van der Waals surface area contributed by atoms with Crippen molar-refractivity contribution in [2.24, 2.45) is 5.41 Å². The summed E-state index contributed by atoms with van der Waals surface area (Å²) in [6, 6.07) is 12.6. The number of carbonyl (C=O) groups is 1. The molecule has 4 aromatic rings. The molecule has 4 heterocycles. The highest BCUT2D eigenvalue weighted by molar-refractivity contribution is 6.08. The topological polar surface area (TPSA) is 74.8 Å². The van der Waals surface area contributed by atoms with E-state index >= 15 is 0 Å². The van der Waals surface area contributed by atoms with Crippen LogP contribution < -0.4 is 4.90 Å². The predicted octanol–water partition coefficient (Wildman–Crippen LogP) is 5.24. The minimum atomic E-state index is -0.479. The van der Waals surface area contributed by atoms with E-state index in [1.165, 1.54) is 11.3 Å². The molecule has 0 aliphatic carbocycles. The molecule has 0 bridgehead atoms. The van der Waals surface area contributed by atoms with Crippen molar-refractivity contribution in [2.45, 2.75) is 33.1 Å². The summed E-state index contributed by atoms with van der Waals surface area (Å²) >= 11 is 0. The largest absolute Gasteiger partial charge is 0.371 e. The molecule has 6 heteroatoms. The number of rotatable bonds is 4. The second-order valence-corrected chi connectivity index (χ2v) is 9.50. The molecule has 1 N–H and O–H groups in total. The fourth-order valence-electron chi connectivity index (χ4n) is 4.35. The first kappa shape index (κ1) is 20.4. The van der Waals surface area contributed by atoms with Gasteiger partial charge in [0, 0.05) is 54.3 Å². The smallest absolute Gasteiger partial charge is 0.171 e. The number of carbonyl (C=O) groups excluding carboxylic acids is 1. The van der Waals surface area contributed by atoms with Crippen LogP contribution in [-0.4, -0.2) is 38.8 Å². The number of ketones is 1. The SMILES string of the molecule is CC(C)(C)C(=O)c1c[nH]c2ncc(-c3cccc(N4CCC(c5cccnc5)C4)c3)nc12. The first-order valence-corrected chi connectivity index (χ1v) is 11.0. The van der Waals surface area contributed by atoms with Crippen LogP contribution >= 0.6 is 0 Å². The molecular weight excluding hydrogens is 398 g/mol. The van der Waals surface area contributed by atoms with E-state index in [0.717, 1.165) is 30.8 Å². The van der Waals surface area contributed by atoms with Gasteiger partial charge in [0.15, 0.2) is 11.4 Å². The predicted molar refractivity (Wildman–Crippen MR) is 127 cm³/mol. The van der Waals surface area contributed by atoms with Gasteiger partial charge >= 0.3 is 0 Å². The highest BCUT2D eigenvalue weighted by Gasteiger charge is 2.27. The van der Waals surface area contributed by atoms with Crippen LogP contribution in [0.5, 0.6) is 0 Å². The quantitative estimate of drug-likeness (QED) is 0.453. The summed E-state index contributed by atoms with van der Waals surface area (Å²) in [6.45, 7) is 7.74. The van der Waals surface area contributed by atoms with E-state index in [4.69, 9.17) is 4.98 Å². The van der Waals surface area contributed by atoms with Gasteiger partial charge in [-0.25, -0.2) is 9.97 Å². The molecule has 0 radical (unpaired) electrons. The lowest BCUT2D eigenvalue weighted by molar-refractivity contribution is 0.0860. The Morgan fingerprint density at radius 3 is 2.81 bits per heavy atom. The molecule has 1 atom stereocenters. The molecule has 5 rings (SSSR count). The van der Waals surface area contributed by atoms with E-state index in [2.05, 4.69) is 44.1 Å². The van der Waals surface area contributed by atoms with Gasteiger partial charge in [0.05, 0.1) is 17.5 Å². The Bertz CT molecular complexity index is 1270. The van der Waals surface area contributed by atoms with Crippen molar-refractivity contribution in [3.8, 4) is 11.3 Å². The van der Waals surface area contributed by atoms with E-state index in [1.807, 2.05) is 45.3 Å². The van der Waals surface area contributed by atoms with Crippen molar-refractivity contribution in [2.75, 3.05) is 18.0 Å².